The van der Waals surface area contributed by atoms with E-state index in [1.165, 1.54) is 23.9 Å². The monoisotopic (exact) mass is 437 g/mol. The lowest BCUT2D eigenvalue weighted by Gasteiger charge is -2.13. The maximum Gasteiger partial charge on any atom is 0.328 e. The van der Waals surface area contributed by atoms with Gasteiger partial charge in [0.05, 0.1) is 23.4 Å². The molecule has 164 valence electrons. The van der Waals surface area contributed by atoms with Crippen LogP contribution in [0.2, 0.25) is 0 Å². The molecule has 0 aromatic heterocycles. The Morgan fingerprint density at radius 2 is 1.97 bits per heavy atom. The second kappa shape index (κ2) is 8.50. The van der Waals surface area contributed by atoms with Gasteiger partial charge in [-0.05, 0) is 44.2 Å². The first kappa shape index (κ1) is 21.0. The minimum Gasteiger partial charge on any atom is -0.464 e. The van der Waals surface area contributed by atoms with Crippen molar-refractivity contribution in [3.63, 3.8) is 0 Å². The van der Waals surface area contributed by atoms with Crippen molar-refractivity contribution in [3.8, 4) is 16.9 Å². The van der Waals surface area contributed by atoms with Crippen molar-refractivity contribution in [1.29, 1.82) is 0 Å². The van der Waals surface area contributed by atoms with Crippen LogP contribution in [0.15, 0.2) is 53.5 Å². The minimum absolute atomic E-state index is 0.223. The third kappa shape index (κ3) is 3.89. The van der Waals surface area contributed by atoms with Crippen molar-refractivity contribution in [2.75, 3.05) is 11.9 Å². The highest BCUT2D eigenvalue weighted by Gasteiger charge is 2.20. The standard InChI is InChI=1S/C22H20FN5O4/c1-3-32-21(30)12(2)25-22(31)26-13-7-9-14(10-8-13)28-20(29)16-11-24-19-15(18(16)27-28)5-4-6-17(19)23/h4-12,24H,3H2,1-2H3,(H2,25,26,31)/t12-/m0/s1. The maximum absolute atomic E-state index is 14.0. The Morgan fingerprint density at radius 1 is 1.22 bits per heavy atom. The summed E-state index contributed by atoms with van der Waals surface area (Å²) in [4.78, 5) is 39.3. The van der Waals surface area contributed by atoms with E-state index in [1.807, 2.05) is 0 Å². The number of ether oxygens (including phenoxy) is 1. The molecule has 1 atom stereocenters. The lowest BCUT2D eigenvalue weighted by molar-refractivity contribution is -0.144. The fraction of sp³-hybridized carbons (Fsp3) is 0.182. The molecule has 4 rings (SSSR count). The number of nitrogens with one attached hydrogen (secondary N) is 3. The van der Waals surface area contributed by atoms with Gasteiger partial charge in [0.2, 0.25) is 0 Å². The molecule has 0 aliphatic carbocycles. The molecule has 2 aromatic carbocycles. The second-order valence-electron chi connectivity index (χ2n) is 7.05. The number of halogens is 1. The van der Waals surface area contributed by atoms with E-state index >= 15 is 0 Å². The Kier molecular flexibility index (Phi) is 5.59. The number of benzene rings is 2. The van der Waals surface area contributed by atoms with Gasteiger partial charge in [-0.3, -0.25) is 4.79 Å². The zero-order valence-electron chi connectivity index (χ0n) is 17.3. The molecule has 0 saturated heterocycles. The van der Waals surface area contributed by atoms with Crippen molar-refractivity contribution in [1.82, 2.24) is 20.1 Å². The summed E-state index contributed by atoms with van der Waals surface area (Å²) < 4.78 is 20.1. The topological polar surface area (TPSA) is 118 Å². The molecule has 2 aliphatic rings. The fourth-order valence-corrected chi connectivity index (χ4v) is 3.31. The third-order valence-electron chi connectivity index (χ3n) is 4.86. The van der Waals surface area contributed by atoms with Crippen LogP contribution in [0.5, 0.6) is 0 Å². The van der Waals surface area contributed by atoms with Gasteiger partial charge < -0.3 is 20.4 Å². The smallest absolute Gasteiger partial charge is 0.328 e. The summed E-state index contributed by atoms with van der Waals surface area (Å²) in [6, 6.07) is 9.63. The van der Waals surface area contributed by atoms with E-state index in [9.17, 15) is 18.8 Å². The highest BCUT2D eigenvalue weighted by Crippen LogP contribution is 2.27. The number of urea groups is 1. The lowest BCUT2D eigenvalue weighted by Crippen LogP contribution is -2.41. The minimum atomic E-state index is -0.801. The number of nitrogens with zero attached hydrogens (tertiary/aromatic N) is 2. The van der Waals surface area contributed by atoms with E-state index < -0.39 is 23.9 Å². The number of pyridine rings is 1. The largest absolute Gasteiger partial charge is 0.464 e. The molecule has 0 fully saturated rings. The van der Waals surface area contributed by atoms with Crippen molar-refractivity contribution in [2.24, 2.45) is 0 Å². The zero-order chi connectivity index (χ0) is 22.8. The summed E-state index contributed by atoms with van der Waals surface area (Å²) in [6.45, 7) is 3.42. The van der Waals surface area contributed by atoms with Gasteiger partial charge in [0.15, 0.2) is 0 Å². The summed E-state index contributed by atoms with van der Waals surface area (Å²) in [7, 11) is 0. The number of fused-ring (bicyclic) bond motifs is 3. The number of rotatable bonds is 5. The van der Waals surface area contributed by atoms with Crippen LogP contribution in [0.1, 0.15) is 13.8 Å². The van der Waals surface area contributed by atoms with E-state index in [4.69, 9.17) is 4.74 Å². The van der Waals surface area contributed by atoms with Crippen molar-refractivity contribution in [3.05, 3.63) is 64.8 Å². The summed E-state index contributed by atoms with van der Waals surface area (Å²) in [5, 5.41) is 9.98. The molecule has 10 heteroatoms. The summed E-state index contributed by atoms with van der Waals surface area (Å²) in [5.74, 6) is -0.964. The molecule has 32 heavy (non-hydrogen) atoms. The van der Waals surface area contributed by atoms with Crippen LogP contribution in [-0.4, -0.2) is 39.4 Å². The van der Waals surface area contributed by atoms with Gasteiger partial charge in [-0.25, -0.2) is 14.0 Å². The summed E-state index contributed by atoms with van der Waals surface area (Å²) >= 11 is 0. The predicted molar refractivity (Wildman–Crippen MR) is 117 cm³/mol. The molecule has 0 saturated carbocycles. The number of esters is 1. The summed E-state index contributed by atoms with van der Waals surface area (Å²) in [5.41, 5.74) is 1.56. The van der Waals surface area contributed by atoms with Crippen LogP contribution in [-0.2, 0) is 9.53 Å². The number of para-hydroxylation sites is 1. The fourth-order valence-electron chi connectivity index (χ4n) is 3.31. The van der Waals surface area contributed by atoms with Gasteiger partial charge >= 0.3 is 12.0 Å². The van der Waals surface area contributed by atoms with Gasteiger partial charge in [-0.2, -0.15) is 9.78 Å². The number of amides is 2. The van der Waals surface area contributed by atoms with E-state index in [1.54, 1.807) is 43.3 Å². The van der Waals surface area contributed by atoms with Crippen molar-refractivity contribution < 1.29 is 18.7 Å². The highest BCUT2D eigenvalue weighted by molar-refractivity contribution is 5.94. The summed E-state index contributed by atoms with van der Waals surface area (Å²) in [6.07, 6.45) is 1.44. The molecule has 2 aliphatic heterocycles. The molecule has 2 heterocycles. The number of hydrogen-bond acceptors (Lipinski definition) is 5. The number of H-pyrrole nitrogens is 1. The van der Waals surface area contributed by atoms with Gasteiger partial charge in [0, 0.05) is 17.3 Å². The quantitative estimate of drug-likeness (QED) is 0.415. The number of carbonyl (C=O) groups excluding carboxylic acids is 2. The molecular weight excluding hydrogens is 417 g/mol. The Balaban J connectivity index is 1.56. The number of hydrogen-bond donors (Lipinski definition) is 3. The zero-order valence-corrected chi connectivity index (χ0v) is 17.3. The molecular formula is C22H20FN5O4. The van der Waals surface area contributed by atoms with E-state index in [0.717, 1.165) is 0 Å². The van der Waals surface area contributed by atoms with Crippen LogP contribution in [0, 0.1) is 5.82 Å². The Hall–Kier alpha value is -4.21. The van der Waals surface area contributed by atoms with E-state index in [-0.39, 0.29) is 17.7 Å². The van der Waals surface area contributed by atoms with Gasteiger partial charge in [-0.15, -0.1) is 0 Å². The lowest BCUT2D eigenvalue weighted by atomic mass is 10.1. The molecule has 0 unspecified atom stereocenters. The Morgan fingerprint density at radius 3 is 2.69 bits per heavy atom. The maximum atomic E-state index is 14.0. The molecule has 0 spiro atoms. The molecule has 2 amide bonds. The van der Waals surface area contributed by atoms with Gasteiger partial charge in [0.25, 0.3) is 5.56 Å². The molecule has 2 aromatic rings. The average molecular weight is 437 g/mol. The first-order valence-electron chi connectivity index (χ1n) is 9.92. The van der Waals surface area contributed by atoms with Crippen LogP contribution >= 0.6 is 0 Å². The number of carbonyl (C=O) groups is 2. The molecule has 9 nitrogen and oxygen atoms in total. The number of anilines is 1. The normalized spacial score (nSPS) is 12.0. The van der Waals surface area contributed by atoms with Crippen molar-refractivity contribution >= 4 is 28.6 Å². The first-order chi connectivity index (χ1) is 15.4. The van der Waals surface area contributed by atoms with Crippen LogP contribution in [0.4, 0.5) is 14.9 Å². The van der Waals surface area contributed by atoms with Crippen LogP contribution < -0.4 is 16.2 Å². The predicted octanol–water partition coefficient (Wildman–Crippen LogP) is 3.03. The van der Waals surface area contributed by atoms with E-state index in [0.29, 0.717) is 28.0 Å². The molecule has 3 N–H and O–H groups in total. The van der Waals surface area contributed by atoms with Crippen molar-refractivity contribution in [2.45, 2.75) is 19.9 Å². The first-order valence-corrected chi connectivity index (χ1v) is 9.92. The highest BCUT2D eigenvalue weighted by atomic mass is 19.1. The molecule has 0 radical (unpaired) electrons. The van der Waals surface area contributed by atoms with E-state index in [2.05, 4.69) is 20.7 Å². The number of aromatic nitrogens is 3. The second-order valence-corrected chi connectivity index (χ2v) is 7.05. The van der Waals surface area contributed by atoms with Crippen LogP contribution in [0.3, 0.4) is 0 Å². The van der Waals surface area contributed by atoms with Gasteiger partial charge in [0.1, 0.15) is 17.6 Å². The Bertz CT molecular complexity index is 1330. The van der Waals surface area contributed by atoms with Gasteiger partial charge in [-0.1, -0.05) is 12.1 Å². The van der Waals surface area contributed by atoms with Crippen LogP contribution in [0.25, 0.3) is 27.8 Å². The third-order valence-corrected chi connectivity index (χ3v) is 4.86. The molecule has 0 bridgehead atoms. The SMILES string of the molecule is CCOC(=O)[C@H](C)NC(=O)Nc1ccc(-n2nc3c4cccc(F)c4[nH]cc-3c2=O)cc1. The average Bonchev–Trinajstić information content (AvgIpc) is 3.11. The number of aromatic amines is 1. The Labute approximate surface area is 181 Å².